The maximum absolute atomic E-state index is 11.9. The molecule has 1 aliphatic rings. The molecule has 0 radical (unpaired) electrons. The zero-order valence-electron chi connectivity index (χ0n) is 9.79. The molecule has 100 valence electrons. The van der Waals surface area contributed by atoms with Crippen molar-refractivity contribution in [1.29, 1.82) is 0 Å². The average molecular weight is 250 g/mol. The van der Waals surface area contributed by atoms with Gasteiger partial charge in [-0.1, -0.05) is 0 Å². The van der Waals surface area contributed by atoms with Gasteiger partial charge in [-0.25, -0.2) is 8.78 Å². The summed E-state index contributed by atoms with van der Waals surface area (Å²) in [5.41, 5.74) is 0. The van der Waals surface area contributed by atoms with Crippen LogP contribution in [0.4, 0.5) is 8.78 Å². The van der Waals surface area contributed by atoms with Gasteiger partial charge in [-0.3, -0.25) is 4.79 Å². The van der Waals surface area contributed by atoms with Crippen LogP contribution in [0.25, 0.3) is 0 Å². The van der Waals surface area contributed by atoms with Crippen LogP contribution in [-0.2, 0) is 4.79 Å². The molecular weight excluding hydrogens is 230 g/mol. The fourth-order valence-electron chi connectivity index (χ4n) is 1.90. The van der Waals surface area contributed by atoms with Crippen molar-refractivity contribution >= 4 is 5.91 Å². The van der Waals surface area contributed by atoms with Gasteiger partial charge in [0.2, 0.25) is 5.91 Å². The van der Waals surface area contributed by atoms with E-state index in [1.165, 1.54) is 0 Å². The number of carbonyl (C=O) groups excluding carboxylic acids is 1. The average Bonchev–Trinajstić information content (AvgIpc) is 2.34. The molecule has 0 aromatic rings. The minimum absolute atomic E-state index is 0.261. The number of piperidine rings is 1. The first kappa shape index (κ1) is 14.3. The van der Waals surface area contributed by atoms with Crippen LogP contribution in [0, 0.1) is 5.92 Å². The summed E-state index contributed by atoms with van der Waals surface area (Å²) in [5.74, 6) is 0.283. The second-order valence-electron chi connectivity index (χ2n) is 4.44. The lowest BCUT2D eigenvalue weighted by Gasteiger charge is -2.22. The molecule has 17 heavy (non-hydrogen) atoms. The number of hydrogen-bond acceptors (Lipinski definition) is 3. The van der Waals surface area contributed by atoms with Crippen LogP contribution in [0.15, 0.2) is 0 Å². The summed E-state index contributed by atoms with van der Waals surface area (Å²) < 4.78 is 23.9. The van der Waals surface area contributed by atoms with Gasteiger partial charge in [-0.05, 0) is 38.3 Å². The highest BCUT2D eigenvalue weighted by molar-refractivity contribution is 5.75. The van der Waals surface area contributed by atoms with Gasteiger partial charge >= 0.3 is 0 Å². The third-order valence-electron chi connectivity index (χ3n) is 3.04. The smallest absolute Gasteiger partial charge is 0.265 e. The van der Waals surface area contributed by atoms with Crippen molar-refractivity contribution < 1.29 is 18.7 Å². The van der Waals surface area contributed by atoms with E-state index in [1.54, 1.807) is 0 Å². The largest absolute Gasteiger partial charge is 0.385 e. The molecule has 6 heteroatoms. The van der Waals surface area contributed by atoms with Crippen LogP contribution in [0.3, 0.4) is 0 Å². The third kappa shape index (κ3) is 5.93. The first-order chi connectivity index (χ1) is 8.09. The summed E-state index contributed by atoms with van der Waals surface area (Å²) in [6.45, 7) is 1.59. The number of aliphatic hydroxyl groups is 1. The topological polar surface area (TPSA) is 61.4 Å². The Morgan fingerprint density at radius 3 is 2.65 bits per heavy atom. The van der Waals surface area contributed by atoms with E-state index >= 15 is 0 Å². The van der Waals surface area contributed by atoms with Crippen molar-refractivity contribution in [3.63, 3.8) is 0 Å². The predicted octanol–water partition coefficient (Wildman–Crippen LogP) is 0.508. The van der Waals surface area contributed by atoms with Crippen LogP contribution in [-0.4, -0.2) is 43.2 Å². The van der Waals surface area contributed by atoms with Gasteiger partial charge in [0.15, 0.2) is 0 Å². The highest BCUT2D eigenvalue weighted by Gasteiger charge is 2.18. The highest BCUT2D eigenvalue weighted by atomic mass is 19.3. The Bertz CT molecular complexity index is 234. The SMILES string of the molecule is O=C(CCC1CCNCC1)NCC(O)C(F)F. The molecule has 1 fully saturated rings. The van der Waals surface area contributed by atoms with E-state index in [0.717, 1.165) is 32.4 Å². The molecule has 0 aromatic carbocycles. The number of amides is 1. The Morgan fingerprint density at radius 2 is 2.06 bits per heavy atom. The van der Waals surface area contributed by atoms with Crippen molar-refractivity contribution in [2.24, 2.45) is 5.92 Å². The highest BCUT2D eigenvalue weighted by Crippen LogP contribution is 2.17. The lowest BCUT2D eigenvalue weighted by molar-refractivity contribution is -0.122. The normalized spacial score (nSPS) is 19.3. The molecule has 1 atom stereocenters. The number of hydrogen-bond donors (Lipinski definition) is 3. The molecule has 0 saturated carbocycles. The van der Waals surface area contributed by atoms with E-state index < -0.39 is 12.5 Å². The summed E-state index contributed by atoms with van der Waals surface area (Å²) in [7, 11) is 0. The summed E-state index contributed by atoms with van der Waals surface area (Å²) in [6, 6.07) is 0. The zero-order valence-corrected chi connectivity index (χ0v) is 9.79. The van der Waals surface area contributed by atoms with E-state index in [2.05, 4.69) is 10.6 Å². The predicted molar refractivity (Wildman–Crippen MR) is 59.8 cm³/mol. The number of rotatable bonds is 6. The van der Waals surface area contributed by atoms with Crippen molar-refractivity contribution in [1.82, 2.24) is 10.6 Å². The molecule has 1 unspecified atom stereocenters. The minimum atomic E-state index is -2.81. The summed E-state index contributed by atoms with van der Waals surface area (Å²) in [5, 5.41) is 14.4. The van der Waals surface area contributed by atoms with E-state index in [-0.39, 0.29) is 12.5 Å². The minimum Gasteiger partial charge on any atom is -0.385 e. The number of carbonyl (C=O) groups is 1. The maximum atomic E-state index is 11.9. The molecule has 1 amide bonds. The summed E-state index contributed by atoms with van der Waals surface area (Å²) >= 11 is 0. The second kappa shape index (κ2) is 7.55. The molecule has 1 saturated heterocycles. The Morgan fingerprint density at radius 1 is 1.41 bits per heavy atom. The van der Waals surface area contributed by atoms with Gasteiger partial charge < -0.3 is 15.7 Å². The quantitative estimate of drug-likeness (QED) is 0.643. The molecule has 1 aliphatic heterocycles. The van der Waals surface area contributed by atoms with Crippen molar-refractivity contribution in [2.45, 2.75) is 38.2 Å². The lowest BCUT2D eigenvalue weighted by Crippen LogP contribution is -2.36. The molecule has 0 bridgehead atoms. The van der Waals surface area contributed by atoms with Crippen LogP contribution < -0.4 is 10.6 Å². The molecule has 0 spiro atoms. The molecule has 3 N–H and O–H groups in total. The van der Waals surface area contributed by atoms with Crippen LogP contribution in [0.1, 0.15) is 25.7 Å². The summed E-state index contributed by atoms with van der Waals surface area (Å²) in [6.07, 6.45) is -1.31. The van der Waals surface area contributed by atoms with Gasteiger partial charge in [-0.15, -0.1) is 0 Å². The molecule has 0 aliphatic carbocycles. The fourth-order valence-corrected chi connectivity index (χ4v) is 1.90. The molecule has 1 heterocycles. The molecular formula is C11H20F2N2O2. The second-order valence-corrected chi connectivity index (χ2v) is 4.44. The van der Waals surface area contributed by atoms with Gasteiger partial charge in [-0.2, -0.15) is 0 Å². The molecule has 1 rings (SSSR count). The lowest BCUT2D eigenvalue weighted by atomic mass is 9.93. The van der Waals surface area contributed by atoms with Crippen molar-refractivity contribution in [2.75, 3.05) is 19.6 Å². The Balaban J connectivity index is 2.08. The van der Waals surface area contributed by atoms with E-state index in [0.29, 0.717) is 12.3 Å². The first-order valence-electron chi connectivity index (χ1n) is 6.03. The van der Waals surface area contributed by atoms with Gasteiger partial charge in [0, 0.05) is 13.0 Å². The number of halogens is 2. The molecule has 0 aromatic heterocycles. The van der Waals surface area contributed by atoms with Crippen LogP contribution >= 0.6 is 0 Å². The Labute approximate surface area is 99.8 Å². The maximum Gasteiger partial charge on any atom is 0.265 e. The zero-order chi connectivity index (χ0) is 12.7. The van der Waals surface area contributed by atoms with Gasteiger partial charge in [0.1, 0.15) is 6.10 Å². The molecule has 4 nitrogen and oxygen atoms in total. The Kier molecular flexibility index (Phi) is 6.36. The van der Waals surface area contributed by atoms with E-state index in [4.69, 9.17) is 5.11 Å². The Hall–Kier alpha value is -0.750. The van der Waals surface area contributed by atoms with Crippen LogP contribution in [0.2, 0.25) is 0 Å². The van der Waals surface area contributed by atoms with E-state index in [1.807, 2.05) is 0 Å². The van der Waals surface area contributed by atoms with Gasteiger partial charge in [0.25, 0.3) is 6.43 Å². The van der Waals surface area contributed by atoms with E-state index in [9.17, 15) is 13.6 Å². The van der Waals surface area contributed by atoms with Crippen molar-refractivity contribution in [3.8, 4) is 0 Å². The first-order valence-corrected chi connectivity index (χ1v) is 6.03. The fraction of sp³-hybridized carbons (Fsp3) is 0.909. The van der Waals surface area contributed by atoms with Gasteiger partial charge in [0.05, 0.1) is 0 Å². The standard InChI is InChI=1S/C11H20F2N2O2/c12-11(13)9(16)7-15-10(17)2-1-8-3-5-14-6-4-8/h8-9,11,14,16H,1-7H2,(H,15,17). The van der Waals surface area contributed by atoms with Crippen LogP contribution in [0.5, 0.6) is 0 Å². The monoisotopic (exact) mass is 250 g/mol. The summed E-state index contributed by atoms with van der Waals surface area (Å²) in [4.78, 5) is 11.3. The third-order valence-corrected chi connectivity index (χ3v) is 3.04. The number of nitrogens with one attached hydrogen (secondary N) is 2. The number of alkyl halides is 2. The van der Waals surface area contributed by atoms with Crippen molar-refractivity contribution in [3.05, 3.63) is 0 Å². The number of aliphatic hydroxyl groups excluding tert-OH is 1.